The van der Waals surface area contributed by atoms with Crippen molar-refractivity contribution in [3.05, 3.63) is 63.1 Å². The second-order valence-corrected chi connectivity index (χ2v) is 5.58. The predicted molar refractivity (Wildman–Crippen MR) is 88.9 cm³/mol. The third kappa shape index (κ3) is 3.24. The number of nitrogens with one attached hydrogen (secondary N) is 1. The number of halogens is 1. The molecule has 1 N–H and O–H groups in total. The van der Waals surface area contributed by atoms with E-state index in [2.05, 4.69) is 26.2 Å². The lowest BCUT2D eigenvalue weighted by Gasteiger charge is -2.05. The van der Waals surface area contributed by atoms with Gasteiger partial charge in [-0.3, -0.25) is 4.79 Å². The molecular weight excluding hydrogens is 364 g/mol. The van der Waals surface area contributed by atoms with Crippen molar-refractivity contribution < 1.29 is 13.9 Å². The molecule has 0 saturated heterocycles. The molecule has 0 radical (unpaired) electrons. The van der Waals surface area contributed by atoms with Gasteiger partial charge in [0.25, 0.3) is 5.91 Å². The number of carbonyl (C=O) groups excluding carboxylic acids is 1. The highest BCUT2D eigenvalue weighted by atomic mass is 79.9. The fourth-order valence-electron chi connectivity index (χ4n) is 2.01. The van der Waals surface area contributed by atoms with E-state index in [1.165, 1.54) is 13.2 Å². The van der Waals surface area contributed by atoms with Crippen LogP contribution in [0.25, 0.3) is 11.0 Å². The van der Waals surface area contributed by atoms with Gasteiger partial charge in [0.1, 0.15) is 22.7 Å². The van der Waals surface area contributed by atoms with E-state index in [-0.39, 0.29) is 5.56 Å². The van der Waals surface area contributed by atoms with Gasteiger partial charge in [0.05, 0.1) is 7.11 Å². The van der Waals surface area contributed by atoms with E-state index in [1.54, 1.807) is 36.5 Å². The molecule has 0 aliphatic rings. The lowest BCUT2D eigenvalue weighted by molar-refractivity contribution is 0.102. The molecule has 0 aliphatic heterocycles. The molecule has 0 bridgehead atoms. The number of carbonyl (C=O) groups is 1. The second-order valence-electron chi connectivity index (χ2n) is 4.67. The molecule has 0 aliphatic carbocycles. The van der Waals surface area contributed by atoms with Gasteiger partial charge in [0.15, 0.2) is 0 Å². The minimum atomic E-state index is -0.722. The molecule has 6 nitrogen and oxygen atoms in total. The number of pyridine rings is 1. The van der Waals surface area contributed by atoms with Crippen molar-refractivity contribution in [3.8, 4) is 5.75 Å². The van der Waals surface area contributed by atoms with Crippen LogP contribution >= 0.6 is 15.9 Å². The van der Waals surface area contributed by atoms with Gasteiger partial charge < -0.3 is 14.5 Å². The molecule has 1 amide bonds. The van der Waals surface area contributed by atoms with Crippen molar-refractivity contribution in [2.45, 2.75) is 0 Å². The summed E-state index contributed by atoms with van der Waals surface area (Å²) in [5.41, 5.74) is -0.458. The van der Waals surface area contributed by atoms with Crippen LogP contribution in [0.3, 0.4) is 0 Å². The first-order valence-corrected chi connectivity index (χ1v) is 7.41. The molecule has 3 aromatic rings. The average Bonchev–Trinajstić information content (AvgIpc) is 2.55. The van der Waals surface area contributed by atoms with Gasteiger partial charge in [-0.2, -0.15) is 0 Å². The molecule has 0 unspecified atom stereocenters. The van der Waals surface area contributed by atoms with Gasteiger partial charge >= 0.3 is 5.63 Å². The molecule has 0 saturated carbocycles. The minimum absolute atomic E-state index is 0.0904. The Kier molecular flexibility index (Phi) is 4.12. The number of nitrogens with zero attached hydrogens (tertiary/aromatic N) is 1. The van der Waals surface area contributed by atoms with Gasteiger partial charge in [-0.1, -0.05) is 0 Å². The monoisotopic (exact) mass is 374 g/mol. The number of methoxy groups -OCH3 is 1. The van der Waals surface area contributed by atoms with Crippen LogP contribution in [0.1, 0.15) is 10.4 Å². The topological polar surface area (TPSA) is 81.4 Å². The van der Waals surface area contributed by atoms with Gasteiger partial charge in [-0.25, -0.2) is 9.78 Å². The number of benzene rings is 1. The molecule has 1 aromatic carbocycles. The first kappa shape index (κ1) is 15.2. The summed E-state index contributed by atoms with van der Waals surface area (Å²) in [5, 5.41) is 3.18. The van der Waals surface area contributed by atoms with E-state index in [9.17, 15) is 9.59 Å². The van der Waals surface area contributed by atoms with E-state index in [0.717, 1.165) is 4.47 Å². The number of rotatable bonds is 3. The zero-order chi connectivity index (χ0) is 16.4. The SMILES string of the molecule is COc1ccc2cc(C(=O)Nc3ccc(Br)cn3)c(=O)oc2c1. The van der Waals surface area contributed by atoms with E-state index < -0.39 is 11.5 Å². The zero-order valence-corrected chi connectivity index (χ0v) is 13.6. The number of aromatic nitrogens is 1. The largest absolute Gasteiger partial charge is 0.497 e. The molecule has 7 heteroatoms. The van der Waals surface area contributed by atoms with Crippen molar-refractivity contribution >= 4 is 38.6 Å². The first-order valence-electron chi connectivity index (χ1n) is 6.61. The van der Waals surface area contributed by atoms with E-state index in [1.807, 2.05) is 0 Å². The van der Waals surface area contributed by atoms with Crippen LogP contribution in [0.15, 0.2) is 56.3 Å². The summed E-state index contributed by atoms with van der Waals surface area (Å²) in [6, 6.07) is 9.86. The van der Waals surface area contributed by atoms with E-state index >= 15 is 0 Å². The molecule has 0 atom stereocenters. The van der Waals surface area contributed by atoms with Crippen LogP contribution in [0, 0.1) is 0 Å². The number of anilines is 1. The van der Waals surface area contributed by atoms with Crippen molar-refractivity contribution in [1.82, 2.24) is 4.98 Å². The Labute approximate surface area is 139 Å². The standard InChI is InChI=1S/C16H11BrN2O4/c1-22-11-4-2-9-6-12(16(21)23-13(9)7-11)15(20)19-14-5-3-10(17)8-18-14/h2-8H,1H3,(H,18,19,20). The normalized spacial score (nSPS) is 10.5. The molecule has 2 aromatic heterocycles. The van der Waals surface area contributed by atoms with Crippen LogP contribution in [0.5, 0.6) is 5.75 Å². The summed E-state index contributed by atoms with van der Waals surface area (Å²) in [7, 11) is 1.52. The third-order valence-electron chi connectivity index (χ3n) is 3.16. The predicted octanol–water partition coefficient (Wildman–Crippen LogP) is 3.21. The van der Waals surface area contributed by atoms with Gasteiger partial charge in [0, 0.05) is 22.1 Å². The summed E-state index contributed by atoms with van der Waals surface area (Å²) < 4.78 is 11.1. The Bertz CT molecular complexity index is 935. The smallest absolute Gasteiger partial charge is 0.349 e. The Morgan fingerprint density at radius 1 is 1.26 bits per heavy atom. The summed E-state index contributed by atoms with van der Waals surface area (Å²) in [4.78, 5) is 28.3. The molecular formula is C16H11BrN2O4. The first-order chi connectivity index (χ1) is 11.1. The Morgan fingerprint density at radius 2 is 2.09 bits per heavy atom. The molecule has 0 spiro atoms. The van der Waals surface area contributed by atoms with Crippen LogP contribution < -0.4 is 15.7 Å². The maximum absolute atomic E-state index is 12.2. The molecule has 23 heavy (non-hydrogen) atoms. The summed E-state index contributed by atoms with van der Waals surface area (Å²) in [6.07, 6.45) is 1.55. The minimum Gasteiger partial charge on any atom is -0.497 e. The number of ether oxygens (including phenoxy) is 1. The lowest BCUT2D eigenvalue weighted by Crippen LogP contribution is -2.21. The molecule has 3 rings (SSSR count). The highest BCUT2D eigenvalue weighted by Crippen LogP contribution is 2.20. The highest BCUT2D eigenvalue weighted by molar-refractivity contribution is 9.10. The maximum atomic E-state index is 12.2. The number of hydrogen-bond acceptors (Lipinski definition) is 5. The number of amides is 1. The van der Waals surface area contributed by atoms with Gasteiger partial charge in [-0.05, 0) is 46.3 Å². The van der Waals surface area contributed by atoms with Gasteiger partial charge in [0.2, 0.25) is 0 Å². The molecule has 0 fully saturated rings. The fraction of sp³-hybridized carbons (Fsp3) is 0.0625. The lowest BCUT2D eigenvalue weighted by atomic mass is 10.1. The van der Waals surface area contributed by atoms with E-state index in [0.29, 0.717) is 22.5 Å². The van der Waals surface area contributed by atoms with E-state index in [4.69, 9.17) is 9.15 Å². The maximum Gasteiger partial charge on any atom is 0.349 e. The highest BCUT2D eigenvalue weighted by Gasteiger charge is 2.14. The Balaban J connectivity index is 1.95. The quantitative estimate of drug-likeness (QED) is 0.711. The van der Waals surface area contributed by atoms with Crippen LogP contribution in [-0.2, 0) is 0 Å². The third-order valence-corrected chi connectivity index (χ3v) is 3.63. The molecule has 2 heterocycles. The van der Waals surface area contributed by atoms with Gasteiger partial charge in [-0.15, -0.1) is 0 Å². The van der Waals surface area contributed by atoms with Crippen molar-refractivity contribution in [2.75, 3.05) is 12.4 Å². The molecule has 116 valence electrons. The summed E-state index contributed by atoms with van der Waals surface area (Å²) in [5.74, 6) is 0.329. The van der Waals surface area contributed by atoms with Crippen molar-refractivity contribution in [1.29, 1.82) is 0 Å². The fourth-order valence-corrected chi connectivity index (χ4v) is 2.24. The average molecular weight is 375 g/mol. The number of hydrogen-bond donors (Lipinski definition) is 1. The zero-order valence-electron chi connectivity index (χ0n) is 12.0. The Hall–Kier alpha value is -2.67. The van der Waals surface area contributed by atoms with Crippen LogP contribution in [0.4, 0.5) is 5.82 Å². The summed E-state index contributed by atoms with van der Waals surface area (Å²) >= 11 is 3.26. The summed E-state index contributed by atoms with van der Waals surface area (Å²) in [6.45, 7) is 0. The van der Waals surface area contributed by atoms with Crippen LogP contribution in [0.2, 0.25) is 0 Å². The number of fused-ring (bicyclic) bond motifs is 1. The second kappa shape index (κ2) is 6.21. The van der Waals surface area contributed by atoms with Crippen LogP contribution in [-0.4, -0.2) is 18.0 Å². The van der Waals surface area contributed by atoms with Crippen molar-refractivity contribution in [3.63, 3.8) is 0 Å². The Morgan fingerprint density at radius 3 is 2.78 bits per heavy atom. The van der Waals surface area contributed by atoms with Crippen molar-refractivity contribution in [2.24, 2.45) is 0 Å².